The van der Waals surface area contributed by atoms with Crippen LogP contribution in [0.15, 0.2) is 42.5 Å². The molecule has 0 bridgehead atoms. The van der Waals surface area contributed by atoms with Crippen molar-refractivity contribution in [2.24, 2.45) is 0 Å². The van der Waals surface area contributed by atoms with Gasteiger partial charge in [-0.3, -0.25) is 5.32 Å². The number of benzene rings is 2. The first kappa shape index (κ1) is 17.1. The van der Waals surface area contributed by atoms with Crippen LogP contribution < -0.4 is 14.8 Å². The van der Waals surface area contributed by atoms with E-state index in [4.69, 9.17) is 15.9 Å². The van der Waals surface area contributed by atoms with Gasteiger partial charge in [-0.15, -0.1) is 6.42 Å². The SMILES string of the molecule is C#CCNC1CCc2c(OCCOc3cccc(I)c3)cccc21. The van der Waals surface area contributed by atoms with Gasteiger partial charge >= 0.3 is 0 Å². The third-order valence-electron chi connectivity index (χ3n) is 4.08. The summed E-state index contributed by atoms with van der Waals surface area (Å²) in [6, 6.07) is 14.6. The number of terminal acetylenes is 1. The number of hydrogen-bond donors (Lipinski definition) is 1. The molecule has 4 heteroatoms. The van der Waals surface area contributed by atoms with Crippen LogP contribution in [0, 0.1) is 15.9 Å². The highest BCUT2D eigenvalue weighted by Gasteiger charge is 2.24. The van der Waals surface area contributed by atoms with Crippen LogP contribution >= 0.6 is 22.6 Å². The Bertz CT molecular complexity index is 739. The topological polar surface area (TPSA) is 30.5 Å². The van der Waals surface area contributed by atoms with Crippen molar-refractivity contribution in [2.45, 2.75) is 18.9 Å². The summed E-state index contributed by atoms with van der Waals surface area (Å²) in [6.07, 6.45) is 7.43. The van der Waals surface area contributed by atoms with Crippen LogP contribution in [-0.2, 0) is 6.42 Å². The standard InChI is InChI=1S/C20H20INO2/c1-2-11-22-19-10-9-18-17(19)7-4-8-20(18)24-13-12-23-16-6-3-5-15(21)14-16/h1,3-8,14,19,22H,9-13H2. The molecule has 1 atom stereocenters. The third kappa shape index (κ3) is 4.22. The lowest BCUT2D eigenvalue weighted by molar-refractivity contribution is 0.216. The molecule has 2 aromatic rings. The smallest absolute Gasteiger partial charge is 0.123 e. The zero-order valence-electron chi connectivity index (χ0n) is 13.4. The van der Waals surface area contributed by atoms with Crippen molar-refractivity contribution in [1.29, 1.82) is 0 Å². The molecule has 2 aromatic carbocycles. The van der Waals surface area contributed by atoms with Crippen molar-refractivity contribution in [3.05, 3.63) is 57.2 Å². The molecule has 1 N–H and O–H groups in total. The summed E-state index contributed by atoms with van der Waals surface area (Å²) in [6.45, 7) is 1.66. The van der Waals surface area contributed by atoms with Crippen LogP contribution in [0.5, 0.6) is 11.5 Å². The fourth-order valence-corrected chi connectivity index (χ4v) is 3.53. The van der Waals surface area contributed by atoms with Crippen molar-refractivity contribution >= 4 is 22.6 Å². The minimum absolute atomic E-state index is 0.335. The van der Waals surface area contributed by atoms with E-state index in [1.807, 2.05) is 36.4 Å². The van der Waals surface area contributed by atoms with E-state index < -0.39 is 0 Å². The Hall–Kier alpha value is -1.71. The Labute approximate surface area is 156 Å². The predicted molar refractivity (Wildman–Crippen MR) is 104 cm³/mol. The van der Waals surface area contributed by atoms with Gasteiger partial charge in [-0.05, 0) is 70.8 Å². The lowest BCUT2D eigenvalue weighted by Crippen LogP contribution is -2.19. The maximum Gasteiger partial charge on any atom is 0.123 e. The number of hydrogen-bond acceptors (Lipinski definition) is 3. The molecule has 0 fully saturated rings. The Balaban J connectivity index is 1.55. The summed E-state index contributed by atoms with van der Waals surface area (Å²) in [7, 11) is 0. The number of ether oxygens (including phenoxy) is 2. The van der Waals surface area contributed by atoms with Crippen LogP contribution in [-0.4, -0.2) is 19.8 Å². The van der Waals surface area contributed by atoms with E-state index in [2.05, 4.69) is 39.9 Å². The maximum atomic E-state index is 5.96. The number of nitrogens with one attached hydrogen (secondary N) is 1. The van der Waals surface area contributed by atoms with Gasteiger partial charge in [0, 0.05) is 9.61 Å². The van der Waals surface area contributed by atoms with E-state index in [0.29, 0.717) is 25.8 Å². The van der Waals surface area contributed by atoms with Gasteiger partial charge < -0.3 is 9.47 Å². The lowest BCUT2D eigenvalue weighted by atomic mass is 10.1. The summed E-state index contributed by atoms with van der Waals surface area (Å²) in [5.41, 5.74) is 2.60. The highest BCUT2D eigenvalue weighted by Crippen LogP contribution is 2.36. The van der Waals surface area contributed by atoms with Gasteiger partial charge in [-0.1, -0.05) is 24.1 Å². The van der Waals surface area contributed by atoms with Crippen molar-refractivity contribution in [2.75, 3.05) is 19.8 Å². The molecule has 0 radical (unpaired) electrons. The van der Waals surface area contributed by atoms with Crippen molar-refractivity contribution in [3.63, 3.8) is 0 Å². The van der Waals surface area contributed by atoms with E-state index >= 15 is 0 Å². The highest BCUT2D eigenvalue weighted by molar-refractivity contribution is 14.1. The van der Waals surface area contributed by atoms with Crippen molar-refractivity contribution in [3.8, 4) is 23.8 Å². The Morgan fingerprint density at radius 2 is 2.00 bits per heavy atom. The minimum atomic E-state index is 0.335. The second kappa shape index (κ2) is 8.41. The summed E-state index contributed by atoms with van der Waals surface area (Å²) < 4.78 is 12.9. The van der Waals surface area contributed by atoms with Crippen LogP contribution in [0.1, 0.15) is 23.6 Å². The van der Waals surface area contributed by atoms with Crippen LogP contribution in [0.2, 0.25) is 0 Å². The second-order valence-corrected chi connectivity index (χ2v) is 6.90. The molecule has 24 heavy (non-hydrogen) atoms. The Morgan fingerprint density at radius 1 is 1.17 bits per heavy atom. The molecular formula is C20H20INO2. The number of fused-ring (bicyclic) bond motifs is 1. The van der Waals surface area contributed by atoms with Crippen molar-refractivity contribution < 1.29 is 9.47 Å². The average molecular weight is 433 g/mol. The molecule has 3 rings (SSSR count). The molecule has 0 heterocycles. The molecule has 1 unspecified atom stereocenters. The molecule has 0 saturated carbocycles. The molecule has 1 aliphatic rings. The molecule has 0 spiro atoms. The first-order valence-electron chi connectivity index (χ1n) is 8.07. The quantitative estimate of drug-likeness (QED) is 0.408. The van der Waals surface area contributed by atoms with Crippen LogP contribution in [0.25, 0.3) is 0 Å². The number of halogens is 1. The summed E-state index contributed by atoms with van der Waals surface area (Å²) >= 11 is 2.28. The normalized spacial score (nSPS) is 15.6. The first-order chi connectivity index (χ1) is 11.8. The number of rotatable bonds is 7. The highest BCUT2D eigenvalue weighted by atomic mass is 127. The van der Waals surface area contributed by atoms with Crippen LogP contribution in [0.3, 0.4) is 0 Å². The van der Waals surface area contributed by atoms with Gasteiger partial charge in [0.15, 0.2) is 0 Å². The van der Waals surface area contributed by atoms with Gasteiger partial charge in [-0.2, -0.15) is 0 Å². The fraction of sp³-hybridized carbons (Fsp3) is 0.300. The van der Waals surface area contributed by atoms with Gasteiger partial charge in [-0.25, -0.2) is 0 Å². The molecule has 3 nitrogen and oxygen atoms in total. The van der Waals surface area contributed by atoms with Gasteiger partial charge in [0.2, 0.25) is 0 Å². The third-order valence-corrected chi connectivity index (χ3v) is 4.75. The van der Waals surface area contributed by atoms with E-state index in [-0.39, 0.29) is 0 Å². The zero-order chi connectivity index (χ0) is 16.8. The molecule has 124 valence electrons. The minimum Gasteiger partial charge on any atom is -0.490 e. The summed E-state index contributed by atoms with van der Waals surface area (Å²) in [5, 5.41) is 3.39. The lowest BCUT2D eigenvalue weighted by Gasteiger charge is -2.14. The molecule has 0 aliphatic heterocycles. The molecule has 0 aromatic heterocycles. The zero-order valence-corrected chi connectivity index (χ0v) is 15.6. The molecule has 0 amide bonds. The largest absolute Gasteiger partial charge is 0.490 e. The molecular weight excluding hydrogens is 413 g/mol. The van der Waals surface area contributed by atoms with Crippen molar-refractivity contribution in [1.82, 2.24) is 5.32 Å². The van der Waals surface area contributed by atoms with E-state index in [1.54, 1.807) is 0 Å². The monoisotopic (exact) mass is 433 g/mol. The Kier molecular flexibility index (Phi) is 6.00. The fourth-order valence-electron chi connectivity index (χ4n) is 3.02. The second-order valence-electron chi connectivity index (χ2n) is 5.65. The summed E-state index contributed by atoms with van der Waals surface area (Å²) in [4.78, 5) is 0. The summed E-state index contributed by atoms with van der Waals surface area (Å²) in [5.74, 6) is 4.48. The van der Waals surface area contributed by atoms with E-state index in [0.717, 1.165) is 27.9 Å². The first-order valence-corrected chi connectivity index (χ1v) is 9.15. The Morgan fingerprint density at radius 3 is 2.83 bits per heavy atom. The predicted octanol–water partition coefficient (Wildman–Crippen LogP) is 3.96. The molecule has 0 saturated heterocycles. The van der Waals surface area contributed by atoms with Gasteiger partial charge in [0.05, 0.1) is 6.54 Å². The van der Waals surface area contributed by atoms with Crippen LogP contribution in [0.4, 0.5) is 0 Å². The van der Waals surface area contributed by atoms with E-state index in [9.17, 15) is 0 Å². The maximum absolute atomic E-state index is 5.96. The van der Waals surface area contributed by atoms with Gasteiger partial charge in [0.25, 0.3) is 0 Å². The van der Waals surface area contributed by atoms with Gasteiger partial charge in [0.1, 0.15) is 24.7 Å². The average Bonchev–Trinajstić information content (AvgIpc) is 3.01. The van der Waals surface area contributed by atoms with E-state index in [1.165, 1.54) is 11.1 Å². The molecule has 1 aliphatic carbocycles.